The average Bonchev–Trinajstić information content (AvgIpc) is 2.77. The van der Waals surface area contributed by atoms with Gasteiger partial charge < -0.3 is 14.8 Å². The fourth-order valence-corrected chi connectivity index (χ4v) is 4.00. The summed E-state index contributed by atoms with van der Waals surface area (Å²) < 4.78 is 52.4. The molecular formula is C23H23FN2O5S. The minimum atomic E-state index is -4.10. The largest absolute Gasteiger partial charge is 0.490 e. The number of sulfonamides is 1. The average molecular weight is 459 g/mol. The highest BCUT2D eigenvalue weighted by Gasteiger charge is 2.18. The maximum atomic E-state index is 13.8. The molecule has 168 valence electrons. The van der Waals surface area contributed by atoms with E-state index in [1.165, 1.54) is 42.5 Å². The zero-order valence-electron chi connectivity index (χ0n) is 17.6. The quantitative estimate of drug-likeness (QED) is 0.486. The zero-order valence-corrected chi connectivity index (χ0v) is 18.4. The summed E-state index contributed by atoms with van der Waals surface area (Å²) in [5.74, 6) is -0.178. The lowest BCUT2D eigenvalue weighted by atomic mass is 10.2. The van der Waals surface area contributed by atoms with Crippen molar-refractivity contribution in [1.82, 2.24) is 0 Å². The molecule has 0 bridgehead atoms. The summed E-state index contributed by atoms with van der Waals surface area (Å²) in [4.78, 5) is 12.6. The van der Waals surface area contributed by atoms with Gasteiger partial charge in [0, 0.05) is 17.3 Å². The molecule has 1 amide bonds. The van der Waals surface area contributed by atoms with Crippen molar-refractivity contribution in [2.75, 3.05) is 23.3 Å². The molecule has 0 atom stereocenters. The number of amides is 1. The van der Waals surface area contributed by atoms with E-state index in [0.717, 1.165) is 6.07 Å². The van der Waals surface area contributed by atoms with Crippen LogP contribution in [-0.2, 0) is 10.0 Å². The summed E-state index contributed by atoms with van der Waals surface area (Å²) in [6.07, 6.45) is 0. The highest BCUT2D eigenvalue weighted by atomic mass is 32.2. The van der Waals surface area contributed by atoms with Gasteiger partial charge in [-0.15, -0.1) is 0 Å². The third kappa shape index (κ3) is 5.55. The first-order valence-corrected chi connectivity index (χ1v) is 11.4. The summed E-state index contributed by atoms with van der Waals surface area (Å²) in [7, 11) is -4.10. The Balaban J connectivity index is 1.81. The van der Waals surface area contributed by atoms with Crippen LogP contribution in [0.1, 0.15) is 24.2 Å². The topological polar surface area (TPSA) is 93.7 Å². The Kier molecular flexibility index (Phi) is 7.32. The van der Waals surface area contributed by atoms with Gasteiger partial charge in [0.15, 0.2) is 11.5 Å². The van der Waals surface area contributed by atoms with Crippen LogP contribution < -0.4 is 19.5 Å². The number of para-hydroxylation sites is 1. The molecule has 0 aliphatic heterocycles. The molecule has 0 unspecified atom stereocenters. The van der Waals surface area contributed by atoms with Gasteiger partial charge in [0.25, 0.3) is 15.9 Å². The first-order valence-electron chi connectivity index (χ1n) is 9.92. The van der Waals surface area contributed by atoms with Crippen molar-refractivity contribution in [1.29, 1.82) is 0 Å². The fourth-order valence-electron chi connectivity index (χ4n) is 2.88. The number of benzene rings is 3. The second-order valence-electron chi connectivity index (χ2n) is 6.59. The van der Waals surface area contributed by atoms with Crippen molar-refractivity contribution >= 4 is 27.3 Å². The van der Waals surface area contributed by atoms with Gasteiger partial charge in [0.1, 0.15) is 5.82 Å². The van der Waals surface area contributed by atoms with Crippen LogP contribution in [0.5, 0.6) is 11.5 Å². The molecule has 0 aliphatic carbocycles. The van der Waals surface area contributed by atoms with Gasteiger partial charge in [-0.2, -0.15) is 0 Å². The van der Waals surface area contributed by atoms with E-state index < -0.39 is 21.7 Å². The Morgan fingerprint density at radius 1 is 0.906 bits per heavy atom. The Morgan fingerprint density at radius 2 is 1.62 bits per heavy atom. The van der Waals surface area contributed by atoms with Crippen LogP contribution in [0.2, 0.25) is 0 Å². The van der Waals surface area contributed by atoms with E-state index in [1.807, 2.05) is 13.8 Å². The van der Waals surface area contributed by atoms with Crippen LogP contribution in [0.15, 0.2) is 71.6 Å². The van der Waals surface area contributed by atoms with E-state index in [-0.39, 0.29) is 16.1 Å². The molecular weight excluding hydrogens is 435 g/mol. The molecule has 0 saturated carbocycles. The van der Waals surface area contributed by atoms with Crippen molar-refractivity contribution in [2.24, 2.45) is 0 Å². The van der Waals surface area contributed by atoms with E-state index in [0.29, 0.717) is 30.4 Å². The Bertz CT molecular complexity index is 1210. The van der Waals surface area contributed by atoms with Crippen LogP contribution >= 0.6 is 0 Å². The summed E-state index contributed by atoms with van der Waals surface area (Å²) in [6, 6.07) is 15.9. The predicted molar refractivity (Wildman–Crippen MR) is 120 cm³/mol. The summed E-state index contributed by atoms with van der Waals surface area (Å²) in [6.45, 7) is 4.58. The first kappa shape index (κ1) is 23.1. The molecule has 2 N–H and O–H groups in total. The fraction of sp³-hybridized carbons (Fsp3) is 0.174. The Morgan fingerprint density at radius 3 is 2.34 bits per heavy atom. The van der Waals surface area contributed by atoms with Crippen LogP contribution in [0, 0.1) is 5.82 Å². The van der Waals surface area contributed by atoms with Gasteiger partial charge in [-0.25, -0.2) is 12.8 Å². The van der Waals surface area contributed by atoms with Crippen LogP contribution in [0.4, 0.5) is 15.8 Å². The van der Waals surface area contributed by atoms with Gasteiger partial charge in [-0.3, -0.25) is 9.52 Å². The molecule has 0 spiro atoms. The SMILES string of the molecule is CCOc1ccc(NC(=O)c2cccc(S(=O)(=O)Nc3ccccc3F)c2)cc1OCC. The lowest BCUT2D eigenvalue weighted by molar-refractivity contribution is 0.102. The molecule has 3 rings (SSSR count). The highest BCUT2D eigenvalue weighted by Crippen LogP contribution is 2.31. The lowest BCUT2D eigenvalue weighted by Crippen LogP contribution is -2.16. The highest BCUT2D eigenvalue weighted by molar-refractivity contribution is 7.92. The monoisotopic (exact) mass is 458 g/mol. The molecule has 3 aromatic rings. The van der Waals surface area contributed by atoms with Gasteiger partial charge in [0.2, 0.25) is 0 Å². The van der Waals surface area contributed by atoms with E-state index in [4.69, 9.17) is 9.47 Å². The third-order valence-corrected chi connectivity index (χ3v) is 5.69. The minimum absolute atomic E-state index is 0.119. The van der Waals surface area contributed by atoms with Gasteiger partial charge in [-0.1, -0.05) is 18.2 Å². The number of anilines is 2. The number of rotatable bonds is 9. The normalized spacial score (nSPS) is 11.0. The van der Waals surface area contributed by atoms with Crippen LogP contribution in [0.25, 0.3) is 0 Å². The van der Waals surface area contributed by atoms with Crippen molar-refractivity contribution in [3.05, 3.63) is 78.1 Å². The molecule has 0 saturated heterocycles. The van der Waals surface area contributed by atoms with Crippen molar-refractivity contribution in [3.8, 4) is 11.5 Å². The van der Waals surface area contributed by atoms with E-state index >= 15 is 0 Å². The second kappa shape index (κ2) is 10.1. The molecule has 3 aromatic carbocycles. The number of carbonyl (C=O) groups is 1. The van der Waals surface area contributed by atoms with E-state index in [1.54, 1.807) is 18.2 Å². The molecule has 0 heterocycles. The van der Waals surface area contributed by atoms with Gasteiger partial charge in [0.05, 0.1) is 23.8 Å². The van der Waals surface area contributed by atoms with E-state index in [2.05, 4.69) is 10.0 Å². The predicted octanol–water partition coefficient (Wildman–Crippen LogP) is 4.68. The van der Waals surface area contributed by atoms with Gasteiger partial charge in [-0.05, 0) is 56.3 Å². The number of halogens is 1. The molecule has 0 aromatic heterocycles. The first-order chi connectivity index (χ1) is 15.3. The third-order valence-electron chi connectivity index (χ3n) is 4.33. The van der Waals surface area contributed by atoms with Crippen LogP contribution in [-0.4, -0.2) is 27.5 Å². The number of carbonyl (C=O) groups excluding carboxylic acids is 1. The number of hydrogen-bond donors (Lipinski definition) is 2. The van der Waals surface area contributed by atoms with Crippen molar-refractivity contribution in [2.45, 2.75) is 18.7 Å². The molecule has 0 fully saturated rings. The van der Waals surface area contributed by atoms with Gasteiger partial charge >= 0.3 is 0 Å². The minimum Gasteiger partial charge on any atom is -0.490 e. The van der Waals surface area contributed by atoms with Crippen molar-refractivity contribution in [3.63, 3.8) is 0 Å². The Hall–Kier alpha value is -3.59. The number of hydrogen-bond acceptors (Lipinski definition) is 5. The smallest absolute Gasteiger partial charge is 0.262 e. The molecule has 7 nitrogen and oxygen atoms in total. The second-order valence-corrected chi connectivity index (χ2v) is 8.28. The summed E-state index contributed by atoms with van der Waals surface area (Å²) in [5, 5.41) is 2.71. The van der Waals surface area contributed by atoms with Crippen molar-refractivity contribution < 1.29 is 27.1 Å². The maximum Gasteiger partial charge on any atom is 0.262 e. The summed E-state index contributed by atoms with van der Waals surface area (Å²) >= 11 is 0. The van der Waals surface area contributed by atoms with E-state index in [9.17, 15) is 17.6 Å². The summed E-state index contributed by atoms with van der Waals surface area (Å²) in [5.41, 5.74) is 0.396. The van der Waals surface area contributed by atoms with Crippen LogP contribution in [0.3, 0.4) is 0 Å². The maximum absolute atomic E-state index is 13.8. The molecule has 9 heteroatoms. The molecule has 0 aliphatic rings. The lowest BCUT2D eigenvalue weighted by Gasteiger charge is -2.13. The molecule has 32 heavy (non-hydrogen) atoms. The number of nitrogens with one attached hydrogen (secondary N) is 2. The standard InChI is InChI=1S/C23H23FN2O5S/c1-3-30-21-13-12-17(15-22(21)31-4-2)25-23(27)16-8-7-9-18(14-16)32(28,29)26-20-11-6-5-10-19(20)24/h5-15,26H,3-4H2,1-2H3,(H,25,27). The molecule has 0 radical (unpaired) electrons. The number of ether oxygens (including phenoxy) is 2. The zero-order chi connectivity index (χ0) is 23.1. The Labute approximate surface area is 186 Å².